The lowest BCUT2D eigenvalue weighted by atomic mass is 10.0. The lowest BCUT2D eigenvalue weighted by molar-refractivity contribution is -0.188. The van der Waals surface area contributed by atoms with Gasteiger partial charge in [0.2, 0.25) is 0 Å². The lowest BCUT2D eigenvalue weighted by Crippen LogP contribution is -2.28. The van der Waals surface area contributed by atoms with E-state index in [2.05, 4.69) is 0 Å². The molecule has 0 aliphatic heterocycles. The van der Waals surface area contributed by atoms with Crippen LogP contribution in [0.3, 0.4) is 0 Å². The van der Waals surface area contributed by atoms with Crippen molar-refractivity contribution in [1.29, 1.82) is 0 Å². The Kier molecular flexibility index (Phi) is 1.89. The van der Waals surface area contributed by atoms with Gasteiger partial charge in [-0.2, -0.15) is 13.2 Å². The summed E-state index contributed by atoms with van der Waals surface area (Å²) in [4.78, 5) is 0. The highest BCUT2D eigenvalue weighted by molar-refractivity contribution is 6.51. The van der Waals surface area contributed by atoms with Crippen LogP contribution in [0.4, 0.5) is 13.2 Å². The largest absolute Gasteiger partial charge is 0.397 e. The smallest absolute Gasteiger partial charge is 0.170 e. The van der Waals surface area contributed by atoms with Gasteiger partial charge in [0.15, 0.2) is 0 Å². The van der Waals surface area contributed by atoms with Crippen molar-refractivity contribution in [2.45, 2.75) is 30.3 Å². The number of hydrogen-bond donors (Lipinski definition) is 0. The first kappa shape index (κ1) is 9.46. The van der Waals surface area contributed by atoms with Crippen LogP contribution >= 0.6 is 23.2 Å². The molecule has 66 valence electrons. The normalized spacial score (nSPS) is 35.5. The Labute approximate surface area is 72.7 Å². The highest BCUT2D eigenvalue weighted by atomic mass is 35.5. The van der Waals surface area contributed by atoms with Crippen LogP contribution in [-0.4, -0.2) is 10.5 Å². The van der Waals surface area contributed by atoms with Crippen LogP contribution in [0, 0.1) is 5.41 Å². The minimum Gasteiger partial charge on any atom is -0.170 e. The maximum Gasteiger partial charge on any atom is 0.397 e. The zero-order valence-electron chi connectivity index (χ0n) is 5.80. The Morgan fingerprint density at radius 2 is 1.73 bits per heavy atom. The van der Waals surface area contributed by atoms with E-state index in [1.54, 1.807) is 0 Å². The molecule has 1 aliphatic carbocycles. The Balaban J connectivity index is 2.84. The monoisotopic (exact) mass is 206 g/mol. The third kappa shape index (κ3) is 1.13. The summed E-state index contributed by atoms with van der Waals surface area (Å²) in [6, 6.07) is 0. The number of halogens is 5. The van der Waals surface area contributed by atoms with E-state index in [9.17, 15) is 13.2 Å². The Bertz CT molecular complexity index is 175. The zero-order chi connectivity index (χ0) is 8.91. The number of hydrogen-bond acceptors (Lipinski definition) is 0. The van der Waals surface area contributed by atoms with E-state index >= 15 is 0 Å². The quantitative estimate of drug-likeness (QED) is 0.577. The molecule has 11 heavy (non-hydrogen) atoms. The minimum absolute atomic E-state index is 0.0521. The van der Waals surface area contributed by atoms with E-state index in [0.29, 0.717) is 0 Å². The van der Waals surface area contributed by atoms with Crippen molar-refractivity contribution in [1.82, 2.24) is 0 Å². The fourth-order valence-corrected chi connectivity index (χ4v) is 2.16. The number of alkyl halides is 5. The average Bonchev–Trinajstić information content (AvgIpc) is 2.33. The molecular weight excluding hydrogens is 200 g/mol. The van der Waals surface area contributed by atoms with Gasteiger partial charge in [0.25, 0.3) is 0 Å². The molecule has 1 fully saturated rings. The molecule has 1 unspecified atom stereocenters. The van der Waals surface area contributed by atoms with Gasteiger partial charge in [0.05, 0.1) is 0 Å². The molecule has 0 amide bonds. The molecule has 0 radical (unpaired) electrons. The van der Waals surface area contributed by atoms with Gasteiger partial charge in [-0.1, -0.05) is 6.92 Å². The second-order valence-corrected chi connectivity index (χ2v) is 4.30. The SMILES string of the molecule is CCC1(C(F)(F)F)CC1(Cl)Cl. The standard InChI is InChI=1S/C6H7Cl2F3/c1-2-4(6(9,10)11)3-5(4,7)8/h2-3H2,1H3. The molecule has 1 atom stereocenters. The van der Waals surface area contributed by atoms with Crippen LogP contribution in [-0.2, 0) is 0 Å². The molecule has 1 aliphatic rings. The Hall–Kier alpha value is 0.370. The summed E-state index contributed by atoms with van der Waals surface area (Å²) in [5.41, 5.74) is -1.84. The van der Waals surface area contributed by atoms with Crippen molar-refractivity contribution in [2.75, 3.05) is 0 Å². The van der Waals surface area contributed by atoms with Crippen molar-refractivity contribution in [2.24, 2.45) is 5.41 Å². The molecular formula is C6H7Cl2F3. The summed E-state index contributed by atoms with van der Waals surface area (Å²) in [5, 5.41) is 0. The van der Waals surface area contributed by atoms with Gasteiger partial charge in [0, 0.05) is 0 Å². The molecule has 0 N–H and O–H groups in total. The summed E-state index contributed by atoms with van der Waals surface area (Å²) < 4.78 is 35.1. The molecule has 0 spiro atoms. The number of rotatable bonds is 1. The van der Waals surface area contributed by atoms with E-state index in [1.165, 1.54) is 6.92 Å². The molecule has 0 bridgehead atoms. The minimum atomic E-state index is -4.27. The average molecular weight is 207 g/mol. The Morgan fingerprint density at radius 1 is 1.36 bits per heavy atom. The van der Waals surface area contributed by atoms with Gasteiger partial charge in [-0.3, -0.25) is 0 Å². The second-order valence-electron chi connectivity index (χ2n) is 2.81. The topological polar surface area (TPSA) is 0 Å². The first-order valence-corrected chi connectivity index (χ1v) is 3.97. The molecule has 0 aromatic carbocycles. The molecule has 0 aromatic heterocycles. The third-order valence-corrected chi connectivity index (χ3v) is 3.24. The molecule has 1 rings (SSSR count). The van der Waals surface area contributed by atoms with Gasteiger partial charge in [-0.15, -0.1) is 23.2 Å². The van der Waals surface area contributed by atoms with E-state index in [4.69, 9.17) is 23.2 Å². The zero-order valence-corrected chi connectivity index (χ0v) is 7.32. The molecule has 0 nitrogen and oxygen atoms in total. The molecule has 0 heterocycles. The van der Waals surface area contributed by atoms with Crippen LogP contribution < -0.4 is 0 Å². The van der Waals surface area contributed by atoms with Crippen molar-refractivity contribution in [3.8, 4) is 0 Å². The summed E-state index contributed by atoms with van der Waals surface area (Å²) >= 11 is 10.8. The maximum absolute atomic E-state index is 12.2. The van der Waals surface area contributed by atoms with Gasteiger partial charge >= 0.3 is 6.18 Å². The van der Waals surface area contributed by atoms with Crippen LogP contribution in [0.1, 0.15) is 19.8 Å². The van der Waals surface area contributed by atoms with E-state index in [0.717, 1.165) is 0 Å². The first-order valence-electron chi connectivity index (χ1n) is 3.21. The van der Waals surface area contributed by atoms with Crippen molar-refractivity contribution in [3.05, 3.63) is 0 Å². The third-order valence-electron chi connectivity index (χ3n) is 2.25. The van der Waals surface area contributed by atoms with E-state index in [1.807, 2.05) is 0 Å². The maximum atomic E-state index is 12.2. The second kappa shape index (κ2) is 2.19. The van der Waals surface area contributed by atoms with Gasteiger partial charge in [-0.25, -0.2) is 0 Å². The Morgan fingerprint density at radius 3 is 1.73 bits per heavy atom. The predicted octanol–water partition coefficient (Wildman–Crippen LogP) is 3.52. The van der Waals surface area contributed by atoms with Gasteiger partial charge in [0.1, 0.15) is 9.75 Å². The van der Waals surface area contributed by atoms with Crippen LogP contribution in [0.15, 0.2) is 0 Å². The van der Waals surface area contributed by atoms with E-state index < -0.39 is 15.9 Å². The molecule has 0 aromatic rings. The van der Waals surface area contributed by atoms with Crippen molar-refractivity contribution >= 4 is 23.2 Å². The molecule has 0 saturated heterocycles. The molecule has 5 heteroatoms. The summed E-state index contributed by atoms with van der Waals surface area (Å²) in [6.07, 6.45) is -4.50. The summed E-state index contributed by atoms with van der Waals surface area (Å²) in [6.45, 7) is 1.44. The first-order chi connectivity index (χ1) is 4.77. The highest BCUT2D eigenvalue weighted by Gasteiger charge is 2.78. The fraction of sp³-hybridized carbons (Fsp3) is 1.00. The van der Waals surface area contributed by atoms with Crippen molar-refractivity contribution < 1.29 is 13.2 Å². The summed E-state index contributed by atoms with van der Waals surface area (Å²) in [5.74, 6) is 0. The summed E-state index contributed by atoms with van der Waals surface area (Å²) in [7, 11) is 0. The highest BCUT2D eigenvalue weighted by Crippen LogP contribution is 2.72. The van der Waals surface area contributed by atoms with E-state index in [-0.39, 0.29) is 12.8 Å². The van der Waals surface area contributed by atoms with Gasteiger partial charge in [-0.05, 0) is 12.8 Å². The van der Waals surface area contributed by atoms with Crippen LogP contribution in [0.25, 0.3) is 0 Å². The van der Waals surface area contributed by atoms with Crippen molar-refractivity contribution in [3.63, 3.8) is 0 Å². The fourth-order valence-electron chi connectivity index (χ4n) is 1.23. The predicted molar refractivity (Wildman–Crippen MR) is 37.8 cm³/mol. The van der Waals surface area contributed by atoms with Crippen LogP contribution in [0.5, 0.6) is 0 Å². The molecule has 1 saturated carbocycles. The van der Waals surface area contributed by atoms with Gasteiger partial charge < -0.3 is 0 Å². The lowest BCUT2D eigenvalue weighted by Gasteiger charge is -2.19. The van der Waals surface area contributed by atoms with Crippen LogP contribution in [0.2, 0.25) is 0 Å².